The van der Waals surface area contributed by atoms with E-state index >= 15 is 0 Å². The van der Waals surface area contributed by atoms with Gasteiger partial charge in [-0.25, -0.2) is 0 Å². The van der Waals surface area contributed by atoms with Crippen LogP contribution in [0.1, 0.15) is 59.1 Å². The Morgan fingerprint density at radius 2 is 1.38 bits per heavy atom. The first-order chi connectivity index (χ1) is 10.1. The average molecular weight is 275 g/mol. The van der Waals surface area contributed by atoms with Gasteiger partial charge in [-0.05, 0) is 59.5 Å². The summed E-state index contributed by atoms with van der Waals surface area (Å²) in [4.78, 5) is 0. The first-order valence-corrected chi connectivity index (χ1v) is 7.84. The second-order valence-electron chi connectivity index (χ2n) is 6.00. The molecule has 0 saturated heterocycles. The quantitative estimate of drug-likeness (QED) is 0.613. The predicted octanol–water partition coefficient (Wildman–Crippen LogP) is 4.12. The van der Waals surface area contributed by atoms with E-state index in [2.05, 4.69) is 38.1 Å². The Bertz CT molecular complexity index is 656. The van der Waals surface area contributed by atoms with Crippen molar-refractivity contribution in [2.75, 3.05) is 0 Å². The molecule has 0 heterocycles. The Labute approximate surface area is 129 Å². The summed E-state index contributed by atoms with van der Waals surface area (Å²) in [6.07, 6.45) is 1.02. The Morgan fingerprint density at radius 3 is 1.95 bits per heavy atom. The van der Waals surface area contributed by atoms with Crippen molar-refractivity contribution in [3.63, 3.8) is 0 Å². The van der Waals surface area contributed by atoms with Crippen molar-refractivity contribution >= 4 is 7.85 Å². The third-order valence-corrected chi connectivity index (χ3v) is 4.53. The van der Waals surface area contributed by atoms with E-state index in [-0.39, 0.29) is 11.9 Å². The van der Waals surface area contributed by atoms with Crippen molar-refractivity contribution in [3.05, 3.63) is 57.6 Å². The van der Waals surface area contributed by atoms with Crippen molar-refractivity contribution in [2.24, 2.45) is 5.73 Å². The molecule has 4 rings (SSSR count). The van der Waals surface area contributed by atoms with Crippen molar-refractivity contribution in [3.8, 4) is 11.1 Å². The van der Waals surface area contributed by atoms with Crippen LogP contribution in [0.3, 0.4) is 0 Å². The van der Waals surface area contributed by atoms with Gasteiger partial charge in [0.05, 0.1) is 7.85 Å². The summed E-state index contributed by atoms with van der Waals surface area (Å²) in [5.41, 5.74) is 17.0. The maximum absolute atomic E-state index is 6.39. The summed E-state index contributed by atoms with van der Waals surface area (Å²) in [7, 11) is 6.39. The monoisotopic (exact) mass is 275 g/mol. The molecule has 21 heavy (non-hydrogen) atoms. The molecule has 1 nitrogen and oxygen atoms in total. The molecule has 0 bridgehead atoms. The fourth-order valence-electron chi connectivity index (χ4n) is 3.79. The lowest BCUT2D eigenvalue weighted by Crippen LogP contribution is -2.25. The molecule has 2 aliphatic rings. The molecule has 2 N–H and O–H groups in total. The first-order valence-electron chi connectivity index (χ1n) is 7.84. The Balaban J connectivity index is 0.000000636. The van der Waals surface area contributed by atoms with Gasteiger partial charge in [-0.3, -0.25) is 0 Å². The molecule has 106 valence electrons. The number of aryl methyl sites for hydroxylation is 2. The lowest BCUT2D eigenvalue weighted by molar-refractivity contribution is 0.687. The molecule has 2 heteroatoms. The zero-order chi connectivity index (χ0) is 15.3. The molecule has 2 aromatic rings. The summed E-state index contributed by atoms with van der Waals surface area (Å²) in [5.74, 6) is -0.0890. The van der Waals surface area contributed by atoms with Crippen molar-refractivity contribution in [2.45, 2.75) is 46.0 Å². The smallest absolute Gasteiger partial charge is 0.0789 e. The summed E-state index contributed by atoms with van der Waals surface area (Å²) in [5, 5.41) is 0. The van der Waals surface area contributed by atoms with E-state index in [1.165, 1.54) is 44.5 Å². The second kappa shape index (κ2) is 5.03. The van der Waals surface area contributed by atoms with Gasteiger partial charge in [0.1, 0.15) is 0 Å². The van der Waals surface area contributed by atoms with Gasteiger partial charge < -0.3 is 5.73 Å². The van der Waals surface area contributed by atoms with E-state index in [0.717, 1.165) is 6.42 Å². The zero-order valence-electron chi connectivity index (χ0n) is 13.3. The van der Waals surface area contributed by atoms with Crippen LogP contribution in [-0.4, -0.2) is 7.85 Å². The highest BCUT2D eigenvalue weighted by Crippen LogP contribution is 2.51. The van der Waals surface area contributed by atoms with Crippen LogP contribution >= 0.6 is 0 Å². The number of hydrogen-bond donors (Lipinski definition) is 1. The minimum atomic E-state index is -0.0890. The van der Waals surface area contributed by atoms with E-state index in [0.29, 0.717) is 0 Å². The van der Waals surface area contributed by atoms with Crippen LogP contribution in [0.4, 0.5) is 0 Å². The van der Waals surface area contributed by atoms with Crippen LogP contribution < -0.4 is 5.73 Å². The van der Waals surface area contributed by atoms with Gasteiger partial charge in [-0.15, -0.1) is 0 Å². The van der Waals surface area contributed by atoms with Gasteiger partial charge in [-0.2, -0.15) is 0 Å². The van der Waals surface area contributed by atoms with E-state index < -0.39 is 0 Å². The minimum Gasteiger partial charge on any atom is -0.324 e. The molecule has 0 aliphatic heterocycles. The van der Waals surface area contributed by atoms with Crippen LogP contribution in [0.25, 0.3) is 11.1 Å². The topological polar surface area (TPSA) is 26.0 Å². The van der Waals surface area contributed by atoms with Gasteiger partial charge in [0.15, 0.2) is 0 Å². The van der Waals surface area contributed by atoms with E-state index in [9.17, 15) is 0 Å². The average Bonchev–Trinajstić information content (AvgIpc) is 2.82. The highest BCUT2D eigenvalue weighted by atomic mass is 14.7. The number of benzene rings is 2. The van der Waals surface area contributed by atoms with Crippen LogP contribution in [-0.2, 0) is 6.42 Å². The highest BCUT2D eigenvalue weighted by Gasteiger charge is 2.34. The second-order valence-corrected chi connectivity index (χ2v) is 6.00. The predicted molar refractivity (Wildman–Crippen MR) is 90.9 cm³/mol. The SMILES string of the molecule is CC.[B]C1c2cc(C)cc3c2-c2c(cc(C)cc2C1N)C3. The summed E-state index contributed by atoms with van der Waals surface area (Å²) < 4.78 is 0. The van der Waals surface area contributed by atoms with Gasteiger partial charge >= 0.3 is 0 Å². The van der Waals surface area contributed by atoms with Crippen LogP contribution in [0.5, 0.6) is 0 Å². The molecule has 2 aliphatic carbocycles. The molecule has 0 saturated carbocycles. The normalized spacial score (nSPS) is 20.6. The maximum atomic E-state index is 6.39. The van der Waals surface area contributed by atoms with Crippen molar-refractivity contribution in [1.29, 1.82) is 0 Å². The van der Waals surface area contributed by atoms with Gasteiger partial charge in [-0.1, -0.05) is 49.2 Å². The summed E-state index contributed by atoms with van der Waals surface area (Å²) >= 11 is 0. The zero-order valence-corrected chi connectivity index (χ0v) is 13.3. The van der Waals surface area contributed by atoms with Crippen LogP contribution in [0.15, 0.2) is 24.3 Å². The van der Waals surface area contributed by atoms with E-state index in [1.807, 2.05) is 13.8 Å². The molecule has 2 radical (unpaired) electrons. The third kappa shape index (κ3) is 1.97. The van der Waals surface area contributed by atoms with E-state index in [1.54, 1.807) is 0 Å². The van der Waals surface area contributed by atoms with Crippen LogP contribution in [0, 0.1) is 13.8 Å². The van der Waals surface area contributed by atoms with E-state index in [4.69, 9.17) is 13.6 Å². The number of nitrogens with two attached hydrogens (primary N) is 1. The molecule has 2 unspecified atom stereocenters. The highest BCUT2D eigenvalue weighted by molar-refractivity contribution is 6.15. The fraction of sp³-hybridized carbons (Fsp3) is 0.368. The van der Waals surface area contributed by atoms with Crippen molar-refractivity contribution < 1.29 is 0 Å². The summed E-state index contributed by atoms with van der Waals surface area (Å²) in [6.45, 7) is 8.28. The molecule has 0 aromatic heterocycles. The molecule has 0 spiro atoms. The molecule has 2 aromatic carbocycles. The Morgan fingerprint density at radius 1 is 0.905 bits per heavy atom. The lowest BCUT2D eigenvalue weighted by Gasteiger charge is -2.32. The number of hydrogen-bond acceptors (Lipinski definition) is 1. The summed E-state index contributed by atoms with van der Waals surface area (Å²) in [6, 6.07) is 8.92. The number of rotatable bonds is 0. The van der Waals surface area contributed by atoms with Crippen molar-refractivity contribution in [1.82, 2.24) is 0 Å². The Kier molecular flexibility index (Phi) is 3.45. The van der Waals surface area contributed by atoms with Gasteiger partial charge in [0, 0.05) is 6.04 Å². The first kappa shape index (κ1) is 14.4. The molecular formula is C19H22BN. The fourth-order valence-corrected chi connectivity index (χ4v) is 3.79. The Hall–Kier alpha value is -1.54. The minimum absolute atomic E-state index is 0.0890. The standard InChI is InChI=1S/C17H16BN.C2H6/c1-8-3-10-7-11-4-9(2)6-13-15(11)14(10)12(5-8)16(18)17(13)19;1-2/h3-6,16-17H,7,19H2,1-2H3;1-2H3. The lowest BCUT2D eigenvalue weighted by atomic mass is 9.66. The largest absolute Gasteiger partial charge is 0.324 e. The molecule has 2 atom stereocenters. The maximum Gasteiger partial charge on any atom is 0.0789 e. The van der Waals surface area contributed by atoms with Gasteiger partial charge in [0.2, 0.25) is 0 Å². The molecule has 0 fully saturated rings. The molecule has 0 amide bonds. The van der Waals surface area contributed by atoms with Gasteiger partial charge in [0.25, 0.3) is 0 Å². The third-order valence-electron chi connectivity index (χ3n) is 4.53. The molecular weight excluding hydrogens is 253 g/mol. The van der Waals surface area contributed by atoms with Crippen LogP contribution in [0.2, 0.25) is 0 Å².